The molecular weight excluding hydrogens is 362 g/mol. The minimum atomic E-state index is -0.509. The van der Waals surface area contributed by atoms with Crippen LogP contribution in [0.4, 0.5) is 0 Å². The van der Waals surface area contributed by atoms with E-state index < -0.39 is 6.04 Å². The summed E-state index contributed by atoms with van der Waals surface area (Å²) in [6.07, 6.45) is 0.265. The molecule has 0 radical (unpaired) electrons. The minimum Gasteiger partial charge on any atom is -0.344 e. The molecule has 5 nitrogen and oxygen atoms in total. The van der Waals surface area contributed by atoms with Crippen molar-refractivity contribution < 1.29 is 9.59 Å². The predicted octanol–water partition coefficient (Wildman–Crippen LogP) is 2.62. The minimum absolute atomic E-state index is 0. The van der Waals surface area contributed by atoms with Gasteiger partial charge in [0.2, 0.25) is 11.8 Å². The highest BCUT2D eigenvalue weighted by Crippen LogP contribution is 2.16. The second-order valence-corrected chi connectivity index (χ2v) is 7.01. The molecule has 0 aliphatic rings. The number of fused-ring (bicyclic) bond motifs is 1. The van der Waals surface area contributed by atoms with Gasteiger partial charge in [-0.25, -0.2) is 0 Å². The van der Waals surface area contributed by atoms with Crippen molar-refractivity contribution >= 4 is 35.0 Å². The Morgan fingerprint density at radius 3 is 2.37 bits per heavy atom. The van der Waals surface area contributed by atoms with Crippen molar-refractivity contribution in [2.75, 3.05) is 27.2 Å². The standard InChI is InChI=1S/C21H29N3O2.ClH/c1-15(2)20(21(26)24(4)12-11-22-3)23-19(25)14-16-9-10-17-7-5-6-8-18(17)13-16;/h5-10,13,15,20,22H,11-12,14H2,1-4H3,(H,23,25);1H. The first-order chi connectivity index (χ1) is 12.4. The number of nitrogens with zero attached hydrogens (tertiary/aromatic N) is 1. The average molecular weight is 392 g/mol. The third kappa shape index (κ3) is 6.52. The summed E-state index contributed by atoms with van der Waals surface area (Å²) in [5, 5.41) is 8.21. The number of carbonyl (C=O) groups is 2. The van der Waals surface area contributed by atoms with E-state index in [2.05, 4.69) is 10.6 Å². The summed E-state index contributed by atoms with van der Waals surface area (Å²) in [6.45, 7) is 5.23. The molecule has 0 saturated carbocycles. The van der Waals surface area contributed by atoms with Gasteiger partial charge in [0.1, 0.15) is 6.04 Å². The highest BCUT2D eigenvalue weighted by atomic mass is 35.5. The molecule has 0 bridgehead atoms. The van der Waals surface area contributed by atoms with Crippen LogP contribution in [0.1, 0.15) is 19.4 Å². The molecule has 0 fully saturated rings. The number of likely N-dealkylation sites (N-methyl/N-ethyl adjacent to an activating group) is 2. The second kappa shape index (κ2) is 10.9. The maximum absolute atomic E-state index is 12.6. The average Bonchev–Trinajstić information content (AvgIpc) is 2.63. The Hall–Kier alpha value is -2.11. The van der Waals surface area contributed by atoms with Crippen molar-refractivity contribution in [3.63, 3.8) is 0 Å². The maximum Gasteiger partial charge on any atom is 0.245 e. The molecule has 2 aromatic carbocycles. The van der Waals surface area contributed by atoms with E-state index in [0.29, 0.717) is 6.54 Å². The maximum atomic E-state index is 12.6. The number of carbonyl (C=O) groups excluding carboxylic acids is 2. The number of halogens is 1. The Kier molecular flexibility index (Phi) is 9.26. The number of benzene rings is 2. The molecule has 2 amide bonds. The number of hydrogen-bond donors (Lipinski definition) is 2. The molecule has 0 aromatic heterocycles. The third-order valence-electron chi connectivity index (χ3n) is 4.50. The van der Waals surface area contributed by atoms with Gasteiger partial charge in [-0.05, 0) is 29.3 Å². The smallest absolute Gasteiger partial charge is 0.245 e. The molecular formula is C21H30ClN3O2. The van der Waals surface area contributed by atoms with Crippen LogP contribution in [0.15, 0.2) is 42.5 Å². The van der Waals surface area contributed by atoms with E-state index in [4.69, 9.17) is 0 Å². The van der Waals surface area contributed by atoms with Gasteiger partial charge in [0.25, 0.3) is 0 Å². The van der Waals surface area contributed by atoms with Gasteiger partial charge < -0.3 is 15.5 Å². The molecule has 0 spiro atoms. The summed E-state index contributed by atoms with van der Waals surface area (Å²) in [7, 11) is 3.62. The molecule has 6 heteroatoms. The molecule has 1 atom stereocenters. The molecule has 148 valence electrons. The van der Waals surface area contributed by atoms with Crippen LogP contribution in [0.25, 0.3) is 10.8 Å². The van der Waals surface area contributed by atoms with E-state index in [1.165, 1.54) is 0 Å². The summed E-state index contributed by atoms with van der Waals surface area (Å²) in [5.74, 6) is -0.156. The number of hydrogen-bond acceptors (Lipinski definition) is 3. The van der Waals surface area contributed by atoms with Gasteiger partial charge in [-0.3, -0.25) is 9.59 Å². The zero-order valence-corrected chi connectivity index (χ0v) is 17.3. The van der Waals surface area contributed by atoms with Crippen LogP contribution >= 0.6 is 12.4 Å². The van der Waals surface area contributed by atoms with E-state index >= 15 is 0 Å². The molecule has 27 heavy (non-hydrogen) atoms. The fourth-order valence-electron chi connectivity index (χ4n) is 2.90. The van der Waals surface area contributed by atoms with E-state index in [9.17, 15) is 9.59 Å². The second-order valence-electron chi connectivity index (χ2n) is 7.01. The van der Waals surface area contributed by atoms with Gasteiger partial charge >= 0.3 is 0 Å². The van der Waals surface area contributed by atoms with Crippen molar-refractivity contribution in [1.29, 1.82) is 0 Å². The predicted molar refractivity (Wildman–Crippen MR) is 113 cm³/mol. The molecule has 2 N–H and O–H groups in total. The van der Waals surface area contributed by atoms with Crippen LogP contribution in [0.3, 0.4) is 0 Å². The number of nitrogens with one attached hydrogen (secondary N) is 2. The van der Waals surface area contributed by atoms with Crippen LogP contribution in [-0.4, -0.2) is 49.9 Å². The monoisotopic (exact) mass is 391 g/mol. The Labute approximate surface area is 167 Å². The summed E-state index contributed by atoms with van der Waals surface area (Å²) in [5.41, 5.74) is 0.944. The molecule has 1 unspecified atom stereocenters. The number of amides is 2. The molecule has 0 saturated heterocycles. The molecule has 0 aliphatic carbocycles. The molecule has 2 rings (SSSR count). The Morgan fingerprint density at radius 1 is 1.07 bits per heavy atom. The van der Waals surface area contributed by atoms with Crippen LogP contribution in [0, 0.1) is 5.92 Å². The van der Waals surface area contributed by atoms with E-state index in [-0.39, 0.29) is 36.6 Å². The van der Waals surface area contributed by atoms with Crippen molar-refractivity contribution in [2.45, 2.75) is 26.3 Å². The first-order valence-corrected chi connectivity index (χ1v) is 9.09. The highest BCUT2D eigenvalue weighted by molar-refractivity contribution is 5.89. The van der Waals surface area contributed by atoms with Gasteiger partial charge in [-0.2, -0.15) is 0 Å². The van der Waals surface area contributed by atoms with Gasteiger partial charge in [0.15, 0.2) is 0 Å². The van der Waals surface area contributed by atoms with Gasteiger partial charge in [-0.1, -0.05) is 56.3 Å². The first kappa shape index (κ1) is 22.9. The van der Waals surface area contributed by atoms with E-state index in [0.717, 1.165) is 22.9 Å². The largest absolute Gasteiger partial charge is 0.344 e. The summed E-state index contributed by atoms with van der Waals surface area (Å²) < 4.78 is 0. The van der Waals surface area contributed by atoms with Crippen LogP contribution in [0.5, 0.6) is 0 Å². The third-order valence-corrected chi connectivity index (χ3v) is 4.50. The lowest BCUT2D eigenvalue weighted by molar-refractivity contribution is -0.136. The van der Waals surface area contributed by atoms with Gasteiger partial charge in [0.05, 0.1) is 6.42 Å². The van der Waals surface area contributed by atoms with E-state index in [1.807, 2.05) is 63.4 Å². The number of rotatable bonds is 8. The first-order valence-electron chi connectivity index (χ1n) is 9.09. The van der Waals surface area contributed by atoms with Crippen molar-refractivity contribution in [1.82, 2.24) is 15.5 Å². The van der Waals surface area contributed by atoms with Crippen LogP contribution in [-0.2, 0) is 16.0 Å². The fourth-order valence-corrected chi connectivity index (χ4v) is 2.90. The van der Waals surface area contributed by atoms with Crippen LogP contribution < -0.4 is 10.6 Å². The summed E-state index contributed by atoms with van der Waals surface area (Å²) >= 11 is 0. The Morgan fingerprint density at radius 2 is 1.74 bits per heavy atom. The van der Waals surface area contributed by atoms with Gasteiger partial charge in [0, 0.05) is 20.1 Å². The zero-order chi connectivity index (χ0) is 19.1. The highest BCUT2D eigenvalue weighted by Gasteiger charge is 2.26. The quantitative estimate of drug-likeness (QED) is 0.727. The van der Waals surface area contributed by atoms with Crippen molar-refractivity contribution in [2.24, 2.45) is 5.92 Å². The van der Waals surface area contributed by atoms with E-state index in [1.54, 1.807) is 11.9 Å². The zero-order valence-electron chi connectivity index (χ0n) is 16.5. The normalized spacial score (nSPS) is 11.7. The summed E-state index contributed by atoms with van der Waals surface area (Å²) in [6, 6.07) is 13.6. The molecule has 2 aromatic rings. The Bertz CT molecular complexity index is 764. The topological polar surface area (TPSA) is 61.4 Å². The summed E-state index contributed by atoms with van der Waals surface area (Å²) in [4.78, 5) is 26.8. The lowest BCUT2D eigenvalue weighted by atomic mass is 10.0. The lowest BCUT2D eigenvalue weighted by Gasteiger charge is -2.27. The van der Waals surface area contributed by atoms with Gasteiger partial charge in [-0.15, -0.1) is 12.4 Å². The van der Waals surface area contributed by atoms with Crippen LogP contribution in [0.2, 0.25) is 0 Å². The fraction of sp³-hybridized carbons (Fsp3) is 0.429. The van der Waals surface area contributed by atoms with Crippen molar-refractivity contribution in [3.8, 4) is 0 Å². The lowest BCUT2D eigenvalue weighted by Crippen LogP contribution is -2.51. The Balaban J connectivity index is 0.00000364. The molecule has 0 heterocycles. The SMILES string of the molecule is CNCCN(C)C(=O)C(NC(=O)Cc1ccc2ccccc2c1)C(C)C.Cl. The molecule has 0 aliphatic heterocycles. The van der Waals surface area contributed by atoms with Crippen molar-refractivity contribution in [3.05, 3.63) is 48.0 Å².